The molecule has 1 N–H and O–H groups in total. The number of hydrogen-bond donors (Lipinski definition) is 1. The molecule has 0 aliphatic carbocycles. The van der Waals surface area contributed by atoms with E-state index >= 15 is 0 Å². The molecule has 0 atom stereocenters. The molecule has 0 radical (unpaired) electrons. The summed E-state index contributed by atoms with van der Waals surface area (Å²) in [6.07, 6.45) is 4.50. The maximum atomic E-state index is 10.5. The van der Waals surface area contributed by atoms with Gasteiger partial charge in [0.05, 0.1) is 12.3 Å². The zero-order valence-corrected chi connectivity index (χ0v) is 16.8. The number of carbonyl (C=O) groups is 1. The highest BCUT2D eigenvalue weighted by Gasteiger charge is 2.11. The highest BCUT2D eigenvalue weighted by molar-refractivity contribution is 5.66. The van der Waals surface area contributed by atoms with Gasteiger partial charge >= 0.3 is 5.97 Å². The maximum Gasteiger partial charge on any atom is 0.303 e. The van der Waals surface area contributed by atoms with Gasteiger partial charge < -0.3 is 14.3 Å². The predicted molar refractivity (Wildman–Crippen MR) is 112 cm³/mol. The Hall–Kier alpha value is -3.08. The van der Waals surface area contributed by atoms with Crippen LogP contribution in [0.4, 0.5) is 0 Å². The van der Waals surface area contributed by atoms with Crippen LogP contribution in [0.1, 0.15) is 42.7 Å². The van der Waals surface area contributed by atoms with E-state index in [4.69, 9.17) is 14.3 Å². The quantitative estimate of drug-likeness (QED) is 0.438. The number of rotatable bonds is 11. The van der Waals surface area contributed by atoms with Crippen molar-refractivity contribution in [3.05, 3.63) is 71.6 Å². The lowest BCUT2D eigenvalue weighted by molar-refractivity contribution is -0.137. The van der Waals surface area contributed by atoms with Crippen LogP contribution in [0, 0.1) is 6.92 Å². The second-order valence-electron chi connectivity index (χ2n) is 7.09. The molecule has 0 bridgehead atoms. The van der Waals surface area contributed by atoms with Gasteiger partial charge in [-0.2, -0.15) is 0 Å². The largest absolute Gasteiger partial charge is 0.493 e. The first-order valence-electron chi connectivity index (χ1n) is 10.1. The molecule has 29 heavy (non-hydrogen) atoms. The Bertz CT molecular complexity index is 918. The number of ether oxygens (including phenoxy) is 1. The monoisotopic (exact) mass is 393 g/mol. The van der Waals surface area contributed by atoms with Crippen LogP contribution in [0.5, 0.6) is 5.75 Å². The molecule has 0 spiro atoms. The minimum Gasteiger partial charge on any atom is -0.493 e. The van der Waals surface area contributed by atoms with Crippen molar-refractivity contribution in [1.82, 2.24) is 4.98 Å². The van der Waals surface area contributed by atoms with E-state index in [1.165, 1.54) is 5.56 Å². The lowest BCUT2D eigenvalue weighted by Crippen LogP contribution is -2.03. The molecule has 5 nitrogen and oxygen atoms in total. The number of aliphatic carboxylic acids is 1. The molecular weight excluding hydrogens is 366 g/mol. The highest BCUT2D eigenvalue weighted by Crippen LogP contribution is 2.22. The zero-order chi connectivity index (χ0) is 20.5. The maximum absolute atomic E-state index is 10.5. The summed E-state index contributed by atoms with van der Waals surface area (Å²) >= 11 is 0. The van der Waals surface area contributed by atoms with Crippen LogP contribution in [-0.2, 0) is 17.6 Å². The van der Waals surface area contributed by atoms with Crippen LogP contribution in [0.25, 0.3) is 11.5 Å². The first-order valence-corrected chi connectivity index (χ1v) is 10.1. The third-order valence-corrected chi connectivity index (χ3v) is 4.78. The van der Waals surface area contributed by atoms with Crippen LogP contribution in [0.3, 0.4) is 0 Å². The van der Waals surface area contributed by atoms with Gasteiger partial charge in [0.15, 0.2) is 0 Å². The zero-order valence-electron chi connectivity index (χ0n) is 16.8. The Morgan fingerprint density at radius 1 is 1.03 bits per heavy atom. The van der Waals surface area contributed by atoms with Crippen molar-refractivity contribution in [3.8, 4) is 17.2 Å². The van der Waals surface area contributed by atoms with Gasteiger partial charge in [0.25, 0.3) is 0 Å². The fourth-order valence-electron chi connectivity index (χ4n) is 3.20. The summed E-state index contributed by atoms with van der Waals surface area (Å²) in [6, 6.07) is 18.0. The Morgan fingerprint density at radius 2 is 1.86 bits per heavy atom. The Labute approximate surface area is 171 Å². The van der Waals surface area contributed by atoms with E-state index in [0.717, 1.165) is 48.5 Å². The molecular formula is C24H27NO4. The van der Waals surface area contributed by atoms with Crippen LogP contribution >= 0.6 is 0 Å². The van der Waals surface area contributed by atoms with Gasteiger partial charge in [-0.25, -0.2) is 4.98 Å². The number of carboxylic acid groups (broad SMARTS) is 1. The second kappa shape index (κ2) is 10.5. The fourth-order valence-corrected chi connectivity index (χ4v) is 3.20. The van der Waals surface area contributed by atoms with Crippen LogP contribution < -0.4 is 4.74 Å². The lowest BCUT2D eigenvalue weighted by atomic mass is 10.1. The molecule has 0 aliphatic heterocycles. The van der Waals surface area contributed by atoms with Crippen molar-refractivity contribution in [3.63, 3.8) is 0 Å². The summed E-state index contributed by atoms with van der Waals surface area (Å²) in [5.74, 6) is 1.58. The molecule has 3 rings (SSSR count). The van der Waals surface area contributed by atoms with Gasteiger partial charge in [-0.05, 0) is 56.0 Å². The molecule has 5 heteroatoms. The summed E-state index contributed by atoms with van der Waals surface area (Å²) in [7, 11) is 0. The number of carboxylic acids is 1. The fraction of sp³-hybridized carbons (Fsp3) is 0.333. The van der Waals surface area contributed by atoms with Gasteiger partial charge in [-0.3, -0.25) is 4.79 Å². The molecule has 0 amide bonds. The Balaban J connectivity index is 1.47. The predicted octanol–water partition coefficient (Wildman–Crippen LogP) is 5.46. The van der Waals surface area contributed by atoms with E-state index in [2.05, 4.69) is 17.1 Å². The van der Waals surface area contributed by atoms with Gasteiger partial charge in [0.2, 0.25) is 5.89 Å². The average Bonchev–Trinajstić information content (AvgIpc) is 3.09. The molecule has 0 aliphatic rings. The van der Waals surface area contributed by atoms with Crippen molar-refractivity contribution >= 4 is 5.97 Å². The molecule has 3 aromatic rings. The number of nitrogens with zero attached hydrogens (tertiary/aromatic N) is 1. The molecule has 1 aromatic heterocycles. The van der Waals surface area contributed by atoms with Crippen molar-refractivity contribution < 1.29 is 19.1 Å². The van der Waals surface area contributed by atoms with Crippen molar-refractivity contribution in [2.75, 3.05) is 6.61 Å². The second-order valence-corrected chi connectivity index (χ2v) is 7.09. The molecule has 0 saturated carbocycles. The highest BCUT2D eigenvalue weighted by atomic mass is 16.5. The number of aryl methyl sites for hydroxylation is 2. The molecule has 0 saturated heterocycles. The standard InChI is InChI=1S/C24H27NO4/c1-18-22(25-24(29-18)20-11-5-3-6-12-20)15-16-28-21-13-8-10-19(17-21)9-4-2-7-14-23(26)27/h3,5-6,8,10-13,17H,2,4,7,9,14-16H2,1H3,(H,26,27). The number of benzene rings is 2. The normalized spacial score (nSPS) is 10.8. The Morgan fingerprint density at radius 3 is 2.66 bits per heavy atom. The van der Waals surface area contributed by atoms with E-state index in [-0.39, 0.29) is 6.42 Å². The summed E-state index contributed by atoms with van der Waals surface area (Å²) in [6.45, 7) is 2.46. The molecule has 2 aromatic carbocycles. The van der Waals surface area contributed by atoms with E-state index in [0.29, 0.717) is 18.9 Å². The van der Waals surface area contributed by atoms with Crippen molar-refractivity contribution in [2.24, 2.45) is 0 Å². The first-order chi connectivity index (χ1) is 14.1. The summed E-state index contributed by atoms with van der Waals surface area (Å²) in [5, 5.41) is 8.68. The van der Waals surface area contributed by atoms with Gasteiger partial charge in [0.1, 0.15) is 11.5 Å². The van der Waals surface area contributed by atoms with Crippen molar-refractivity contribution in [1.29, 1.82) is 0 Å². The summed E-state index contributed by atoms with van der Waals surface area (Å²) < 4.78 is 11.7. The molecule has 0 fully saturated rings. The number of aromatic nitrogens is 1. The van der Waals surface area contributed by atoms with Gasteiger partial charge in [-0.15, -0.1) is 0 Å². The third-order valence-electron chi connectivity index (χ3n) is 4.78. The van der Waals surface area contributed by atoms with E-state index in [9.17, 15) is 4.79 Å². The number of hydrogen-bond acceptors (Lipinski definition) is 4. The third kappa shape index (κ3) is 6.49. The molecule has 152 valence electrons. The van der Waals surface area contributed by atoms with Crippen LogP contribution in [-0.4, -0.2) is 22.7 Å². The average molecular weight is 393 g/mol. The number of unbranched alkanes of at least 4 members (excludes halogenated alkanes) is 2. The van der Waals surface area contributed by atoms with Crippen LogP contribution in [0.15, 0.2) is 59.0 Å². The van der Waals surface area contributed by atoms with Gasteiger partial charge in [-0.1, -0.05) is 36.8 Å². The van der Waals surface area contributed by atoms with Crippen LogP contribution in [0.2, 0.25) is 0 Å². The van der Waals surface area contributed by atoms with Crippen molar-refractivity contribution in [2.45, 2.75) is 45.4 Å². The SMILES string of the molecule is Cc1oc(-c2ccccc2)nc1CCOc1cccc(CCCCCC(=O)O)c1. The lowest BCUT2D eigenvalue weighted by Gasteiger charge is -2.07. The molecule has 0 unspecified atom stereocenters. The summed E-state index contributed by atoms with van der Waals surface area (Å²) in [4.78, 5) is 15.2. The first kappa shape index (κ1) is 20.6. The van der Waals surface area contributed by atoms with E-state index < -0.39 is 5.97 Å². The van der Waals surface area contributed by atoms with Gasteiger partial charge in [0, 0.05) is 18.4 Å². The minimum atomic E-state index is -0.723. The smallest absolute Gasteiger partial charge is 0.303 e. The molecule has 1 heterocycles. The van der Waals surface area contributed by atoms with E-state index in [1.54, 1.807) is 0 Å². The summed E-state index contributed by atoms with van der Waals surface area (Å²) in [5.41, 5.74) is 3.10. The minimum absolute atomic E-state index is 0.247. The topological polar surface area (TPSA) is 72.6 Å². The number of oxazole rings is 1. The Kier molecular flexibility index (Phi) is 7.45. The van der Waals surface area contributed by atoms with E-state index in [1.807, 2.05) is 49.4 Å².